The van der Waals surface area contributed by atoms with E-state index in [1.54, 1.807) is 0 Å². The van der Waals surface area contributed by atoms with Gasteiger partial charge in [0.1, 0.15) is 0 Å². The molecule has 54 heavy (non-hydrogen) atoms. The van der Waals surface area contributed by atoms with E-state index in [9.17, 15) is 86.1 Å². The van der Waals surface area contributed by atoms with Crippen molar-refractivity contribution in [1.29, 1.82) is 0 Å². The minimum absolute atomic E-state index is 0. The van der Waals surface area contributed by atoms with E-state index in [0.717, 1.165) is 0 Å². The summed E-state index contributed by atoms with van der Waals surface area (Å²) in [7, 11) is -7.91. The predicted octanol–water partition coefficient (Wildman–Crippen LogP) is -4.63. The molecule has 0 radical (unpaired) electrons. The van der Waals surface area contributed by atoms with Gasteiger partial charge in [0.05, 0.1) is 0 Å². The maximum atomic E-state index is 12.8. The van der Waals surface area contributed by atoms with Crippen LogP contribution in [0.5, 0.6) is 0 Å². The van der Waals surface area contributed by atoms with E-state index in [4.69, 9.17) is 11.3 Å². The summed E-state index contributed by atoms with van der Waals surface area (Å²) < 4.78 is 347. The van der Waals surface area contributed by atoms with Gasteiger partial charge in [-0.1, -0.05) is 0 Å². The quantitative estimate of drug-likeness (QED) is 0.0604. The third-order valence-electron chi connectivity index (χ3n) is 2.06. The Bertz CT molecular complexity index is 2510. The molecule has 0 heterocycles. The van der Waals surface area contributed by atoms with Gasteiger partial charge in [0, 0.05) is 21.1 Å². The Labute approximate surface area is 348 Å². The largest absolute Gasteiger partial charge is 0 e. The summed E-state index contributed by atoms with van der Waals surface area (Å²) in [5.41, 5.74) is 0. The van der Waals surface area contributed by atoms with Gasteiger partial charge in [-0.2, -0.15) is 0 Å². The zero-order valence-corrected chi connectivity index (χ0v) is 50.1. The molecule has 0 aromatic rings. The maximum Gasteiger partial charge on any atom is 0 e. The molecule has 0 spiro atoms. The zero-order chi connectivity index (χ0) is 43.0. The SMILES string of the molecule is O=P([O][Mo](=[O])(=[O])[O][Mo](=[O])(=[O])[O][Mo](=[O])(=[O])[O][Mo](=[O])(=[O])[OH])([O][Mo](=[O])(=[O])[O][Mo](=[O])(=[O])[O][Mo](=[O])(=[O])[O][Mo](=[O])(=[O])[OH])[O][Mo](=[O])(=[O])[O][Mo](=[O])(=[O])[O][Mo](=[O])(=[O])[O][Mo](=[O])(=[O])[OH].[W]. The van der Waals surface area contributed by atoms with Gasteiger partial charge in [-0.25, -0.2) is 0 Å². The van der Waals surface area contributed by atoms with Crippen molar-refractivity contribution in [3.8, 4) is 0 Å². The van der Waals surface area contributed by atoms with Crippen LogP contribution in [0.25, 0.3) is 0 Å². The second kappa shape index (κ2) is 20.1. The summed E-state index contributed by atoms with van der Waals surface area (Å²) >= 11 is -97.4. The number of hydrogen-bond acceptors (Lipinski definition) is 37. The summed E-state index contributed by atoms with van der Waals surface area (Å²) in [6, 6.07) is 0. The molecular weight excluding hydrogens is 2010 g/mol. The van der Waals surface area contributed by atoms with Crippen LogP contribution in [0.2, 0.25) is 0 Å². The normalized spacial score (nSPS) is 15.3. The van der Waals surface area contributed by atoms with Crippen LogP contribution in [0.3, 0.4) is 0 Å². The summed E-state index contributed by atoms with van der Waals surface area (Å²) in [4.78, 5) is 0. The smallest absolute Gasteiger partial charge is 0 e. The molecule has 0 aliphatic carbocycles. The third kappa shape index (κ3) is 29.1. The molecule has 3 N–H and O–H groups in total. The van der Waals surface area contributed by atoms with E-state index in [-0.39, 0.29) is 21.1 Å². The van der Waals surface area contributed by atoms with Crippen LogP contribution < -0.4 is 0 Å². The fraction of sp³-hybridized carbons (Fsp3) is 0. The first-order valence-electron chi connectivity index (χ1n) is 8.78. The van der Waals surface area contributed by atoms with Crippen molar-refractivity contribution in [3.05, 3.63) is 0 Å². The molecule has 40 nitrogen and oxygen atoms in total. The summed E-state index contributed by atoms with van der Waals surface area (Å²) in [5, 5.41) is 0. The molecule has 0 aliphatic heterocycles. The van der Waals surface area contributed by atoms with Crippen molar-refractivity contribution < 1.29 is 347 Å². The van der Waals surface area contributed by atoms with Gasteiger partial charge in [-0.15, -0.1) is 0 Å². The first-order valence-corrected chi connectivity index (χ1v) is 49.8. The van der Waals surface area contributed by atoms with E-state index in [1.807, 2.05) is 0 Å². The van der Waals surface area contributed by atoms with Crippen LogP contribution in [0, 0.1) is 0 Å². The molecule has 0 bridgehead atoms. The molecule has 0 amide bonds. The fourth-order valence-electron chi connectivity index (χ4n) is 1.41. The predicted molar refractivity (Wildman–Crippen MR) is 43.8 cm³/mol. The third-order valence-corrected chi connectivity index (χ3v) is 62.5. The van der Waals surface area contributed by atoms with Crippen molar-refractivity contribution in [3.63, 3.8) is 0 Å². The number of hydrogen-bond donors (Lipinski definition) is 3. The first kappa shape index (κ1) is 59.9. The van der Waals surface area contributed by atoms with Crippen LogP contribution in [0.1, 0.15) is 0 Å². The maximum absolute atomic E-state index is 12.8. The van der Waals surface area contributed by atoms with Gasteiger partial charge < -0.3 is 0 Å². The average Bonchev–Trinajstić information content (AvgIpc) is 2.58. The summed E-state index contributed by atoms with van der Waals surface area (Å²) in [6.45, 7) is 0. The van der Waals surface area contributed by atoms with Gasteiger partial charge in [0.2, 0.25) is 0 Å². The molecule has 0 rings (SSSR count). The van der Waals surface area contributed by atoms with Crippen molar-refractivity contribution in [2.75, 3.05) is 0 Å². The molecule has 326 valence electrons. The van der Waals surface area contributed by atoms with Crippen molar-refractivity contribution >= 4 is 7.82 Å². The zero-order valence-electron chi connectivity index (χ0n) is 22.2. The molecule has 0 fully saturated rings. The van der Waals surface area contributed by atoms with Gasteiger partial charge in [-0.05, 0) is 0 Å². The monoisotopic (exact) mass is 2030 g/mol. The molecule has 0 aliphatic rings. The molecule has 0 saturated heterocycles. The number of phosphoric acid groups is 1. The van der Waals surface area contributed by atoms with Crippen LogP contribution in [-0.2, 0) is 336 Å². The van der Waals surface area contributed by atoms with E-state index >= 15 is 0 Å². The Kier molecular flexibility index (Phi) is 22.3. The molecule has 0 atom stereocenters. The molecular formula is H3Mo12O40PW. The molecule has 0 aromatic heterocycles. The molecule has 0 aromatic carbocycles. The average molecular weight is 2010 g/mol. The Morgan fingerprint density at radius 2 is 0.389 bits per heavy atom. The van der Waals surface area contributed by atoms with Gasteiger partial charge >= 0.3 is 334 Å². The van der Waals surface area contributed by atoms with Crippen LogP contribution in [0.15, 0.2) is 0 Å². The Balaban J connectivity index is 0. The van der Waals surface area contributed by atoms with Crippen LogP contribution >= 0.6 is 7.82 Å². The Hall–Kier alpha value is 3.78. The standard InChI is InChI=1S/12Mo.H3O4P.3H2O.33O.W/c;;;;;;;;;;;;1-5(2,3)4;;;;;;;;;;;;;;;;;;;;;;;;;;;;;;;;;;;;;/h;;;;;;;;;;;;(H3,1,2,3,4);3*1H2;;;;;;;;;;;;;;;;;;;;;;;;;;;;;;;;;;/q;;;;;;6*+1;;;;;;;;;;;;;;;;;;;;;;;;;;;;;;;;;;;;;;/p-6. The van der Waals surface area contributed by atoms with Crippen molar-refractivity contribution in [2.45, 2.75) is 0 Å². The summed E-state index contributed by atoms with van der Waals surface area (Å²) in [5.74, 6) is 0. The van der Waals surface area contributed by atoms with E-state index in [1.165, 1.54) is 0 Å². The topological polar surface area (TPSA) is 598 Å². The Morgan fingerprint density at radius 3 is 0.537 bits per heavy atom. The van der Waals surface area contributed by atoms with Crippen molar-refractivity contribution in [2.24, 2.45) is 0 Å². The van der Waals surface area contributed by atoms with E-state index in [0.29, 0.717) is 0 Å². The minimum atomic E-state index is -8.79. The number of rotatable bonds is 24. The molecule has 0 unspecified atom stereocenters. The first-order chi connectivity index (χ1) is 22.5. The minimum Gasteiger partial charge on any atom is 0 e. The van der Waals surface area contributed by atoms with Crippen molar-refractivity contribution in [1.82, 2.24) is 0 Å². The molecule has 0 saturated carbocycles. The Morgan fingerprint density at radius 1 is 0.259 bits per heavy atom. The fourth-order valence-corrected chi connectivity index (χ4v) is 60.4. The van der Waals surface area contributed by atoms with Gasteiger partial charge in [-0.3, -0.25) is 0 Å². The van der Waals surface area contributed by atoms with Gasteiger partial charge in [0.25, 0.3) is 0 Å². The molecule has 54 heteroatoms. The second-order valence-corrected chi connectivity index (χ2v) is 56.1. The van der Waals surface area contributed by atoms with Crippen LogP contribution in [0.4, 0.5) is 0 Å². The second-order valence-electron chi connectivity index (χ2n) is 6.24. The van der Waals surface area contributed by atoms with E-state index in [2.05, 4.69) is 27.9 Å². The summed E-state index contributed by atoms with van der Waals surface area (Å²) in [6.07, 6.45) is 0. The van der Waals surface area contributed by atoms with Crippen LogP contribution in [-0.4, -0.2) is 11.3 Å². The van der Waals surface area contributed by atoms with Gasteiger partial charge in [0.15, 0.2) is 0 Å². The van der Waals surface area contributed by atoms with E-state index < -0.39 is 209 Å².